The molecule has 0 unspecified atom stereocenters. The molecule has 0 bridgehead atoms. The molecule has 0 radical (unpaired) electrons. The van der Waals surface area contributed by atoms with Crippen molar-refractivity contribution in [3.63, 3.8) is 0 Å². The lowest BCUT2D eigenvalue weighted by molar-refractivity contribution is -0.133. The summed E-state index contributed by atoms with van der Waals surface area (Å²) in [6.07, 6.45) is 0.993. The minimum Gasteiger partial charge on any atom is -0.466 e. The van der Waals surface area contributed by atoms with Crippen LogP contribution in [0.4, 0.5) is 4.39 Å². The van der Waals surface area contributed by atoms with Gasteiger partial charge in [0, 0.05) is 20.2 Å². The monoisotopic (exact) mass is 428 g/mol. The number of allylic oxidation sites excluding steroid dienone is 1. The molecule has 0 fully saturated rings. The van der Waals surface area contributed by atoms with Crippen LogP contribution >= 0.6 is 11.3 Å². The summed E-state index contributed by atoms with van der Waals surface area (Å²) in [6.45, 7) is 0. The van der Waals surface area contributed by atoms with Gasteiger partial charge in [0.15, 0.2) is 0 Å². The van der Waals surface area contributed by atoms with Gasteiger partial charge in [-0.05, 0) is 17.7 Å². The fourth-order valence-corrected chi connectivity index (χ4v) is 4.31. The maximum Gasteiger partial charge on any atom is 0.332 e. The molecule has 0 aliphatic carbocycles. The number of carbonyl (C=O) groups excluding carboxylic acids is 2. The number of thiazole rings is 1. The molecule has 2 aromatic rings. The first kappa shape index (κ1) is 21.0. The number of hydrogen-bond acceptors (Lipinski definition) is 7. The summed E-state index contributed by atoms with van der Waals surface area (Å²) in [5.74, 6) is -2.94. The summed E-state index contributed by atoms with van der Waals surface area (Å²) in [5, 5.41) is 9.79. The molecule has 1 aliphatic heterocycles. The van der Waals surface area contributed by atoms with E-state index in [1.165, 1.54) is 44.3 Å². The predicted octanol–water partition coefficient (Wildman–Crippen LogP) is -0.310. The van der Waals surface area contributed by atoms with Gasteiger partial charge in [0.05, 0.1) is 30.2 Å². The number of amides is 1. The number of nitrogens with zero attached hydrogens (tertiary/aromatic N) is 3. The standard InChI is InChI=1S/C20H17FN4O4S/c1-24(2)19(28)16-15(10-5-4-6-11(21)7-10)12(9-22)17(23)25-18(27)13(30-20(16)25)8-14(26)29-3/h4-8,15H,23H2,1-3H3/b13-8-/t15-/m1/s1. The molecule has 1 amide bonds. The van der Waals surface area contributed by atoms with E-state index in [-0.39, 0.29) is 26.2 Å². The van der Waals surface area contributed by atoms with Crippen molar-refractivity contribution in [2.45, 2.75) is 5.92 Å². The Morgan fingerprint density at radius 3 is 2.67 bits per heavy atom. The van der Waals surface area contributed by atoms with Gasteiger partial charge in [-0.1, -0.05) is 12.1 Å². The van der Waals surface area contributed by atoms with Crippen LogP contribution < -0.4 is 20.5 Å². The summed E-state index contributed by atoms with van der Waals surface area (Å²) >= 11 is 0.871. The van der Waals surface area contributed by atoms with Gasteiger partial charge in [-0.25, -0.2) is 9.18 Å². The van der Waals surface area contributed by atoms with Crippen molar-refractivity contribution < 1.29 is 18.7 Å². The minimum absolute atomic E-state index is 0.0129. The maximum absolute atomic E-state index is 13.9. The Hall–Kier alpha value is -3.71. The van der Waals surface area contributed by atoms with Crippen LogP contribution in [0.3, 0.4) is 0 Å². The van der Waals surface area contributed by atoms with Gasteiger partial charge in [0.25, 0.3) is 11.5 Å². The van der Waals surface area contributed by atoms with E-state index in [4.69, 9.17) is 5.73 Å². The Balaban J connectivity index is 2.52. The van der Waals surface area contributed by atoms with Crippen molar-refractivity contribution in [2.75, 3.05) is 21.2 Å². The van der Waals surface area contributed by atoms with Crippen LogP contribution in [0.2, 0.25) is 0 Å². The van der Waals surface area contributed by atoms with Gasteiger partial charge in [0.1, 0.15) is 20.8 Å². The van der Waals surface area contributed by atoms with Crippen LogP contribution in [0.25, 0.3) is 17.5 Å². The third-order valence-corrected chi connectivity index (χ3v) is 5.65. The molecule has 1 atom stereocenters. The molecule has 30 heavy (non-hydrogen) atoms. The van der Waals surface area contributed by atoms with Crippen LogP contribution in [0.15, 0.2) is 34.6 Å². The minimum atomic E-state index is -0.982. The summed E-state index contributed by atoms with van der Waals surface area (Å²) < 4.78 is 19.7. The van der Waals surface area contributed by atoms with Crippen molar-refractivity contribution in [1.82, 2.24) is 9.47 Å². The number of nitriles is 1. The van der Waals surface area contributed by atoms with E-state index in [1.54, 1.807) is 6.07 Å². The average molecular weight is 428 g/mol. The highest BCUT2D eigenvalue weighted by Gasteiger charge is 2.36. The first-order valence-electron chi connectivity index (χ1n) is 8.64. The topological polar surface area (TPSA) is 118 Å². The molecule has 0 saturated heterocycles. The summed E-state index contributed by atoms with van der Waals surface area (Å²) in [7, 11) is 4.20. The van der Waals surface area contributed by atoms with Gasteiger partial charge in [-0.3, -0.25) is 14.2 Å². The van der Waals surface area contributed by atoms with E-state index in [0.717, 1.165) is 22.0 Å². The largest absolute Gasteiger partial charge is 0.466 e. The molecule has 8 nitrogen and oxygen atoms in total. The molecule has 1 aromatic heterocycles. The molecule has 1 aliphatic rings. The summed E-state index contributed by atoms with van der Waals surface area (Å²) in [6, 6.07) is 7.44. The second-order valence-corrected chi connectivity index (χ2v) is 7.62. The van der Waals surface area contributed by atoms with Crippen molar-refractivity contribution in [3.05, 3.63) is 60.8 Å². The second-order valence-electron chi connectivity index (χ2n) is 6.59. The van der Waals surface area contributed by atoms with Gasteiger partial charge in [-0.15, -0.1) is 11.3 Å². The highest BCUT2D eigenvalue weighted by atomic mass is 32.1. The molecule has 2 N–H and O–H groups in total. The van der Waals surface area contributed by atoms with Crippen LogP contribution in [0.5, 0.6) is 0 Å². The summed E-state index contributed by atoms with van der Waals surface area (Å²) in [5.41, 5.74) is 5.85. The zero-order chi connectivity index (χ0) is 22.2. The Morgan fingerprint density at radius 2 is 2.10 bits per heavy atom. The molecule has 2 heterocycles. The van der Waals surface area contributed by atoms with E-state index in [1.807, 2.05) is 6.07 Å². The zero-order valence-electron chi connectivity index (χ0n) is 16.3. The van der Waals surface area contributed by atoms with Crippen LogP contribution in [-0.2, 0) is 14.3 Å². The normalized spacial score (nSPS) is 16.2. The van der Waals surface area contributed by atoms with Crippen molar-refractivity contribution >= 4 is 40.7 Å². The first-order valence-corrected chi connectivity index (χ1v) is 9.45. The maximum atomic E-state index is 13.9. The highest BCUT2D eigenvalue weighted by Crippen LogP contribution is 2.36. The number of methoxy groups -OCH3 is 1. The number of esters is 1. The molecule has 10 heteroatoms. The number of halogens is 1. The zero-order valence-corrected chi connectivity index (χ0v) is 17.1. The number of hydrogen-bond donors (Lipinski definition) is 1. The summed E-state index contributed by atoms with van der Waals surface area (Å²) in [4.78, 5) is 38.9. The van der Waals surface area contributed by atoms with Gasteiger partial charge in [0.2, 0.25) is 0 Å². The molecular formula is C20H17FN4O4S. The average Bonchev–Trinajstić information content (AvgIpc) is 3.03. The fourth-order valence-electron chi connectivity index (χ4n) is 3.18. The molecule has 1 aromatic carbocycles. The van der Waals surface area contributed by atoms with E-state index in [0.29, 0.717) is 5.56 Å². The Morgan fingerprint density at radius 1 is 1.40 bits per heavy atom. The SMILES string of the molecule is COC(=O)/C=c1\sc2n(c1=O)C(N)=C(C#N)[C@@H](c1cccc(F)c1)C=2C(=O)N(C)C. The fraction of sp³-hybridized carbons (Fsp3) is 0.200. The molecule has 154 valence electrons. The van der Waals surface area contributed by atoms with Crippen LogP contribution in [0.1, 0.15) is 11.5 Å². The molecule has 0 spiro atoms. The number of carbonyl (C=O) groups is 2. The number of nitrogens with two attached hydrogens (primary N) is 1. The van der Waals surface area contributed by atoms with Crippen molar-refractivity contribution in [1.29, 1.82) is 5.26 Å². The highest BCUT2D eigenvalue weighted by molar-refractivity contribution is 7.07. The van der Waals surface area contributed by atoms with E-state index in [2.05, 4.69) is 4.74 Å². The Kier molecular flexibility index (Phi) is 5.58. The quantitative estimate of drug-likeness (QED) is 0.670. The van der Waals surface area contributed by atoms with Gasteiger partial charge >= 0.3 is 5.97 Å². The Bertz CT molecular complexity index is 1310. The van der Waals surface area contributed by atoms with E-state index < -0.39 is 29.2 Å². The second kappa shape index (κ2) is 7.96. The van der Waals surface area contributed by atoms with E-state index in [9.17, 15) is 24.0 Å². The first-order chi connectivity index (χ1) is 14.2. The van der Waals surface area contributed by atoms with Crippen molar-refractivity contribution in [2.24, 2.45) is 5.73 Å². The molecule has 0 saturated carbocycles. The van der Waals surface area contributed by atoms with Gasteiger partial charge in [-0.2, -0.15) is 5.26 Å². The van der Waals surface area contributed by atoms with Crippen LogP contribution in [-0.4, -0.2) is 42.5 Å². The lowest BCUT2D eigenvalue weighted by atomic mass is 9.83. The lowest BCUT2D eigenvalue weighted by Gasteiger charge is -2.26. The third kappa shape index (κ3) is 3.40. The number of rotatable bonds is 3. The third-order valence-electron chi connectivity index (χ3n) is 4.54. The van der Waals surface area contributed by atoms with Gasteiger partial charge < -0.3 is 15.4 Å². The predicted molar refractivity (Wildman–Crippen MR) is 109 cm³/mol. The number of aromatic nitrogens is 1. The smallest absolute Gasteiger partial charge is 0.332 e. The number of benzene rings is 1. The Labute approximate surface area is 174 Å². The van der Waals surface area contributed by atoms with Crippen molar-refractivity contribution in [3.8, 4) is 6.07 Å². The number of ether oxygens (including phenoxy) is 1. The molecule has 3 rings (SSSR count). The number of fused-ring (bicyclic) bond motifs is 1. The molecular weight excluding hydrogens is 411 g/mol. The van der Waals surface area contributed by atoms with E-state index >= 15 is 0 Å². The lowest BCUT2D eigenvalue weighted by Crippen LogP contribution is -2.41. The van der Waals surface area contributed by atoms with Crippen LogP contribution in [0, 0.1) is 17.1 Å².